The minimum absolute atomic E-state index is 0.156. The van der Waals surface area contributed by atoms with E-state index in [0.717, 1.165) is 25.7 Å². The van der Waals surface area contributed by atoms with E-state index in [-0.39, 0.29) is 23.9 Å². The molecule has 5 rings (SSSR count). The van der Waals surface area contributed by atoms with Crippen LogP contribution >= 0.6 is 27.5 Å². The number of aromatic nitrogens is 2. The molecule has 184 valence electrons. The van der Waals surface area contributed by atoms with Gasteiger partial charge in [0.2, 0.25) is 0 Å². The van der Waals surface area contributed by atoms with Crippen LogP contribution < -0.4 is 10.3 Å². The van der Waals surface area contributed by atoms with Crippen molar-refractivity contribution in [3.05, 3.63) is 103 Å². The fourth-order valence-electron chi connectivity index (χ4n) is 4.61. The van der Waals surface area contributed by atoms with Gasteiger partial charge in [-0.1, -0.05) is 55.1 Å². The van der Waals surface area contributed by atoms with E-state index < -0.39 is 0 Å². The molecule has 5 nitrogen and oxygen atoms in total. The highest BCUT2D eigenvalue weighted by atomic mass is 79.9. The smallest absolute Gasteiger partial charge is 0.282 e. The zero-order valence-corrected chi connectivity index (χ0v) is 21.8. The summed E-state index contributed by atoms with van der Waals surface area (Å²) in [6.45, 7) is 0.156. The van der Waals surface area contributed by atoms with E-state index in [0.29, 0.717) is 43.1 Å². The lowest BCUT2D eigenvalue weighted by Crippen LogP contribution is -2.25. The number of benzene rings is 3. The zero-order valence-electron chi connectivity index (χ0n) is 19.5. The predicted octanol–water partition coefficient (Wildman–Crippen LogP) is 7.46. The maximum absolute atomic E-state index is 13.6. The average Bonchev–Trinajstić information content (AvgIpc) is 2.88. The number of rotatable bonds is 6. The number of ether oxygens (including phenoxy) is 1. The maximum Gasteiger partial charge on any atom is 0.282 e. The molecular formula is C28H24BrClFN3O2. The molecule has 1 heterocycles. The summed E-state index contributed by atoms with van der Waals surface area (Å²) >= 11 is 9.84. The van der Waals surface area contributed by atoms with Crippen LogP contribution in [0.15, 0.2) is 75.0 Å². The van der Waals surface area contributed by atoms with Gasteiger partial charge in [-0.2, -0.15) is 9.78 Å². The van der Waals surface area contributed by atoms with Crippen LogP contribution in [-0.4, -0.2) is 15.9 Å². The minimum Gasteiger partial charge on any atom is -0.487 e. The SMILES string of the molecule is O=c1c2ccccc2nc(C2CCCCC2)n1N=Cc1cc(Cl)cc(Br)c1OCc1cccc(F)c1. The molecule has 1 aliphatic carbocycles. The standard InChI is InChI=1S/C28H24BrClFN3O2/c29-24-15-21(30)14-20(26(24)36-17-18-7-6-10-22(31)13-18)16-32-34-27(19-8-2-1-3-9-19)33-25-12-5-4-11-23(25)28(34)35/h4-7,10-16,19H,1-3,8-9,17H2. The number of hydrogen-bond donors (Lipinski definition) is 0. The van der Waals surface area contributed by atoms with Crippen LogP contribution in [0.2, 0.25) is 5.02 Å². The molecule has 1 saturated carbocycles. The number of halogens is 3. The molecule has 8 heteroatoms. The molecular weight excluding hydrogens is 545 g/mol. The Morgan fingerprint density at radius 1 is 1.11 bits per heavy atom. The number of nitrogens with zero attached hydrogens (tertiary/aromatic N) is 3. The zero-order chi connectivity index (χ0) is 25.1. The highest BCUT2D eigenvalue weighted by Gasteiger charge is 2.22. The van der Waals surface area contributed by atoms with Crippen molar-refractivity contribution in [2.75, 3.05) is 0 Å². The van der Waals surface area contributed by atoms with E-state index in [4.69, 9.17) is 21.3 Å². The van der Waals surface area contributed by atoms with Crippen LogP contribution in [-0.2, 0) is 6.61 Å². The summed E-state index contributed by atoms with van der Waals surface area (Å²) in [6, 6.07) is 17.0. The van der Waals surface area contributed by atoms with Gasteiger partial charge in [-0.15, -0.1) is 0 Å². The third kappa shape index (κ3) is 5.37. The Morgan fingerprint density at radius 2 is 1.92 bits per heavy atom. The van der Waals surface area contributed by atoms with Crippen molar-refractivity contribution < 1.29 is 9.13 Å². The van der Waals surface area contributed by atoms with Crippen molar-refractivity contribution >= 4 is 44.6 Å². The Hall–Kier alpha value is -3.03. The molecule has 3 aromatic carbocycles. The lowest BCUT2D eigenvalue weighted by molar-refractivity contribution is 0.303. The maximum atomic E-state index is 13.6. The lowest BCUT2D eigenvalue weighted by atomic mass is 9.88. The van der Waals surface area contributed by atoms with Gasteiger partial charge >= 0.3 is 0 Å². The van der Waals surface area contributed by atoms with Gasteiger partial charge in [-0.05, 0) is 70.7 Å². The first-order valence-corrected chi connectivity index (χ1v) is 13.1. The predicted molar refractivity (Wildman–Crippen MR) is 145 cm³/mol. The molecule has 36 heavy (non-hydrogen) atoms. The van der Waals surface area contributed by atoms with E-state index in [1.54, 1.807) is 36.5 Å². The number of para-hydroxylation sites is 1. The largest absolute Gasteiger partial charge is 0.487 e. The first kappa shape index (κ1) is 24.7. The topological polar surface area (TPSA) is 56.5 Å². The van der Waals surface area contributed by atoms with Crippen LogP contribution in [0, 0.1) is 5.82 Å². The quantitative estimate of drug-likeness (QED) is 0.227. The molecule has 4 aromatic rings. The molecule has 1 fully saturated rings. The summed E-state index contributed by atoms with van der Waals surface area (Å²) in [7, 11) is 0. The Kier molecular flexibility index (Phi) is 7.48. The second-order valence-electron chi connectivity index (χ2n) is 8.91. The van der Waals surface area contributed by atoms with Gasteiger partial charge in [-0.25, -0.2) is 9.37 Å². The summed E-state index contributed by atoms with van der Waals surface area (Å²) in [5.74, 6) is 1.01. The Bertz CT molecular complexity index is 1500. The van der Waals surface area contributed by atoms with E-state index >= 15 is 0 Å². The van der Waals surface area contributed by atoms with Crippen LogP contribution in [0.5, 0.6) is 5.75 Å². The third-order valence-corrected chi connectivity index (χ3v) is 7.18. The monoisotopic (exact) mass is 567 g/mol. The van der Waals surface area contributed by atoms with Crippen LogP contribution in [0.3, 0.4) is 0 Å². The number of hydrogen-bond acceptors (Lipinski definition) is 4. The Morgan fingerprint density at radius 3 is 2.72 bits per heavy atom. The lowest BCUT2D eigenvalue weighted by Gasteiger charge is -2.22. The van der Waals surface area contributed by atoms with Crippen LogP contribution in [0.4, 0.5) is 4.39 Å². The molecule has 1 aliphatic rings. The van der Waals surface area contributed by atoms with Crippen LogP contribution in [0.25, 0.3) is 10.9 Å². The van der Waals surface area contributed by atoms with Crippen molar-refractivity contribution in [1.82, 2.24) is 9.66 Å². The second kappa shape index (κ2) is 10.9. The molecule has 0 atom stereocenters. The molecule has 1 aromatic heterocycles. The van der Waals surface area contributed by atoms with Gasteiger partial charge in [0.25, 0.3) is 5.56 Å². The van der Waals surface area contributed by atoms with Gasteiger partial charge in [0, 0.05) is 16.5 Å². The highest BCUT2D eigenvalue weighted by molar-refractivity contribution is 9.10. The van der Waals surface area contributed by atoms with Crippen molar-refractivity contribution in [2.24, 2.45) is 5.10 Å². The average molecular weight is 569 g/mol. The Labute approximate surface area is 221 Å². The molecule has 0 amide bonds. The van der Waals surface area contributed by atoms with Gasteiger partial charge in [0.05, 0.1) is 21.6 Å². The molecule has 0 spiro atoms. The van der Waals surface area contributed by atoms with Crippen molar-refractivity contribution in [1.29, 1.82) is 0 Å². The highest BCUT2D eigenvalue weighted by Crippen LogP contribution is 2.34. The fourth-order valence-corrected chi connectivity index (χ4v) is 5.56. The summed E-state index contributed by atoms with van der Waals surface area (Å²) in [5.41, 5.74) is 1.74. The molecule has 0 saturated heterocycles. The normalized spacial score (nSPS) is 14.5. The second-order valence-corrected chi connectivity index (χ2v) is 10.2. The summed E-state index contributed by atoms with van der Waals surface area (Å²) < 4.78 is 21.7. The van der Waals surface area contributed by atoms with Crippen molar-refractivity contribution in [3.63, 3.8) is 0 Å². The van der Waals surface area contributed by atoms with E-state index in [9.17, 15) is 9.18 Å². The fraction of sp³-hybridized carbons (Fsp3) is 0.250. The summed E-state index contributed by atoms with van der Waals surface area (Å²) in [5, 5.41) is 5.61. The minimum atomic E-state index is -0.327. The molecule has 0 N–H and O–H groups in total. The molecule has 0 radical (unpaired) electrons. The third-order valence-electron chi connectivity index (χ3n) is 6.37. The van der Waals surface area contributed by atoms with Crippen LogP contribution in [0.1, 0.15) is 55.0 Å². The molecule has 0 bridgehead atoms. The van der Waals surface area contributed by atoms with E-state index in [2.05, 4.69) is 21.0 Å². The van der Waals surface area contributed by atoms with Gasteiger partial charge < -0.3 is 4.74 Å². The first-order chi connectivity index (χ1) is 17.5. The van der Waals surface area contributed by atoms with Gasteiger partial charge in [0.15, 0.2) is 0 Å². The van der Waals surface area contributed by atoms with E-state index in [1.807, 2.05) is 18.2 Å². The molecule has 0 unspecified atom stereocenters. The summed E-state index contributed by atoms with van der Waals surface area (Å²) in [4.78, 5) is 18.3. The van der Waals surface area contributed by atoms with Crippen molar-refractivity contribution in [2.45, 2.75) is 44.6 Å². The van der Waals surface area contributed by atoms with Gasteiger partial charge in [-0.3, -0.25) is 4.79 Å². The number of fused-ring (bicyclic) bond motifs is 1. The summed E-state index contributed by atoms with van der Waals surface area (Å²) in [6.07, 6.45) is 6.94. The van der Waals surface area contributed by atoms with Crippen molar-refractivity contribution in [3.8, 4) is 5.75 Å². The Balaban J connectivity index is 1.55. The van der Waals surface area contributed by atoms with E-state index in [1.165, 1.54) is 23.2 Å². The first-order valence-electron chi connectivity index (χ1n) is 11.9. The van der Waals surface area contributed by atoms with Gasteiger partial charge in [0.1, 0.15) is 24.0 Å². The molecule has 0 aliphatic heterocycles.